The van der Waals surface area contributed by atoms with Gasteiger partial charge in [0.25, 0.3) is 0 Å². The number of rotatable bonds is 4. The van der Waals surface area contributed by atoms with Crippen LogP contribution in [0.2, 0.25) is 0 Å². The fourth-order valence-electron chi connectivity index (χ4n) is 3.08. The number of aliphatic carboxylic acids is 1. The molecule has 1 aromatic heterocycles. The standard InChI is InChI=1S/C15H21BrO2S/c1-10(2)11-3-6-15(7-4-11,14(17)18)9-13-12(16)5-8-19-13/h5,8,10-11H,3-4,6-7,9H2,1-2H3,(H,17,18). The Morgan fingerprint density at radius 3 is 2.58 bits per heavy atom. The number of hydrogen-bond acceptors (Lipinski definition) is 2. The van der Waals surface area contributed by atoms with Gasteiger partial charge in [0.05, 0.1) is 5.41 Å². The third-order valence-corrected chi connectivity index (χ3v) is 6.50. The lowest BCUT2D eigenvalue weighted by atomic mass is 9.66. The van der Waals surface area contributed by atoms with Crippen molar-refractivity contribution in [1.82, 2.24) is 0 Å². The van der Waals surface area contributed by atoms with E-state index in [1.54, 1.807) is 11.3 Å². The van der Waals surface area contributed by atoms with Crippen LogP contribution in [-0.2, 0) is 11.2 Å². The molecule has 1 heterocycles. The molecule has 1 saturated carbocycles. The fraction of sp³-hybridized carbons (Fsp3) is 0.667. The van der Waals surface area contributed by atoms with Gasteiger partial charge in [0.2, 0.25) is 0 Å². The smallest absolute Gasteiger partial charge is 0.309 e. The molecule has 106 valence electrons. The van der Waals surface area contributed by atoms with Crippen molar-refractivity contribution in [3.63, 3.8) is 0 Å². The van der Waals surface area contributed by atoms with Crippen LogP contribution in [0.1, 0.15) is 44.4 Å². The SMILES string of the molecule is CC(C)C1CCC(Cc2sccc2Br)(C(=O)O)CC1. The second-order valence-corrected chi connectivity index (χ2v) is 7.89. The van der Waals surface area contributed by atoms with Crippen LogP contribution in [0.25, 0.3) is 0 Å². The van der Waals surface area contributed by atoms with Gasteiger partial charge in [-0.3, -0.25) is 4.79 Å². The minimum Gasteiger partial charge on any atom is -0.481 e. The number of carboxylic acids is 1. The monoisotopic (exact) mass is 344 g/mol. The van der Waals surface area contributed by atoms with Gasteiger partial charge in [-0.25, -0.2) is 0 Å². The topological polar surface area (TPSA) is 37.3 Å². The van der Waals surface area contributed by atoms with E-state index >= 15 is 0 Å². The number of hydrogen-bond donors (Lipinski definition) is 1. The Hall–Kier alpha value is -0.350. The van der Waals surface area contributed by atoms with Crippen LogP contribution in [0.4, 0.5) is 0 Å². The summed E-state index contributed by atoms with van der Waals surface area (Å²) in [6.07, 6.45) is 4.40. The second kappa shape index (κ2) is 5.96. The van der Waals surface area contributed by atoms with E-state index in [0.29, 0.717) is 18.3 Å². The largest absolute Gasteiger partial charge is 0.481 e. The van der Waals surface area contributed by atoms with E-state index in [9.17, 15) is 9.90 Å². The summed E-state index contributed by atoms with van der Waals surface area (Å²) in [5, 5.41) is 11.7. The molecule has 2 rings (SSSR count). The highest BCUT2D eigenvalue weighted by Crippen LogP contribution is 2.45. The van der Waals surface area contributed by atoms with Gasteiger partial charge < -0.3 is 5.11 Å². The van der Waals surface area contributed by atoms with Crippen LogP contribution in [0.15, 0.2) is 15.9 Å². The van der Waals surface area contributed by atoms with Crippen molar-refractivity contribution < 1.29 is 9.90 Å². The van der Waals surface area contributed by atoms with Gasteiger partial charge in [0.1, 0.15) is 0 Å². The first kappa shape index (κ1) is 15.0. The maximum atomic E-state index is 11.8. The third kappa shape index (κ3) is 3.22. The van der Waals surface area contributed by atoms with Crippen molar-refractivity contribution in [2.24, 2.45) is 17.3 Å². The number of carbonyl (C=O) groups is 1. The maximum Gasteiger partial charge on any atom is 0.309 e. The summed E-state index contributed by atoms with van der Waals surface area (Å²) in [5.41, 5.74) is -0.543. The van der Waals surface area contributed by atoms with Crippen LogP contribution in [-0.4, -0.2) is 11.1 Å². The lowest BCUT2D eigenvalue weighted by molar-refractivity contribution is -0.151. The predicted molar refractivity (Wildman–Crippen MR) is 82.6 cm³/mol. The van der Waals surface area contributed by atoms with Gasteiger partial charge >= 0.3 is 5.97 Å². The molecule has 0 amide bonds. The molecule has 4 heteroatoms. The Balaban J connectivity index is 2.13. The molecule has 0 atom stereocenters. The van der Waals surface area contributed by atoms with Crippen molar-refractivity contribution in [3.05, 3.63) is 20.8 Å². The summed E-state index contributed by atoms with van der Waals surface area (Å²) < 4.78 is 1.06. The Bertz CT molecular complexity index is 445. The molecule has 0 bridgehead atoms. The molecule has 2 nitrogen and oxygen atoms in total. The molecule has 1 aliphatic rings. The Labute approximate surface area is 127 Å². The van der Waals surface area contributed by atoms with Crippen molar-refractivity contribution in [2.45, 2.75) is 46.0 Å². The molecule has 1 aromatic rings. The minimum absolute atomic E-state index is 0.543. The zero-order chi connectivity index (χ0) is 14.0. The lowest BCUT2D eigenvalue weighted by Gasteiger charge is -2.38. The zero-order valence-electron chi connectivity index (χ0n) is 11.5. The molecule has 19 heavy (non-hydrogen) atoms. The van der Waals surface area contributed by atoms with Gasteiger partial charge in [0, 0.05) is 9.35 Å². The van der Waals surface area contributed by atoms with Crippen molar-refractivity contribution >= 4 is 33.2 Å². The Kier molecular flexibility index (Phi) is 4.72. The van der Waals surface area contributed by atoms with E-state index in [-0.39, 0.29) is 0 Å². The molecule has 0 aliphatic heterocycles. The van der Waals surface area contributed by atoms with E-state index in [1.165, 1.54) is 4.88 Å². The van der Waals surface area contributed by atoms with Gasteiger partial charge in [0.15, 0.2) is 0 Å². The van der Waals surface area contributed by atoms with E-state index in [4.69, 9.17) is 0 Å². The Morgan fingerprint density at radius 2 is 2.16 bits per heavy atom. The molecule has 1 aliphatic carbocycles. The van der Waals surface area contributed by atoms with Gasteiger partial charge in [-0.05, 0) is 71.3 Å². The summed E-state index contributed by atoms with van der Waals surface area (Å²) in [6.45, 7) is 4.49. The zero-order valence-corrected chi connectivity index (χ0v) is 13.9. The highest BCUT2D eigenvalue weighted by atomic mass is 79.9. The Morgan fingerprint density at radius 1 is 1.53 bits per heavy atom. The van der Waals surface area contributed by atoms with E-state index < -0.39 is 11.4 Å². The van der Waals surface area contributed by atoms with Gasteiger partial charge in [-0.2, -0.15) is 0 Å². The molecule has 1 N–H and O–H groups in total. The highest BCUT2D eigenvalue weighted by molar-refractivity contribution is 9.10. The van der Waals surface area contributed by atoms with E-state index in [0.717, 1.165) is 30.2 Å². The number of carboxylic acid groups (broad SMARTS) is 1. The first-order chi connectivity index (χ1) is 8.94. The van der Waals surface area contributed by atoms with Gasteiger partial charge in [-0.1, -0.05) is 13.8 Å². The van der Waals surface area contributed by atoms with E-state index in [1.807, 2.05) is 11.4 Å². The van der Waals surface area contributed by atoms with Crippen molar-refractivity contribution in [3.8, 4) is 0 Å². The summed E-state index contributed by atoms with van der Waals surface area (Å²) >= 11 is 5.17. The summed E-state index contributed by atoms with van der Waals surface area (Å²) in [4.78, 5) is 13.0. The average molecular weight is 345 g/mol. The molecule has 0 aromatic carbocycles. The molecular weight excluding hydrogens is 324 g/mol. The molecule has 0 unspecified atom stereocenters. The molecule has 0 spiro atoms. The van der Waals surface area contributed by atoms with Crippen LogP contribution in [0, 0.1) is 17.3 Å². The quantitative estimate of drug-likeness (QED) is 0.836. The lowest BCUT2D eigenvalue weighted by Crippen LogP contribution is -2.38. The van der Waals surface area contributed by atoms with Crippen LogP contribution >= 0.6 is 27.3 Å². The molecule has 1 fully saturated rings. The van der Waals surface area contributed by atoms with Crippen LogP contribution in [0.3, 0.4) is 0 Å². The molecular formula is C15H21BrO2S. The molecule has 0 radical (unpaired) electrons. The second-order valence-electron chi connectivity index (χ2n) is 6.04. The highest BCUT2D eigenvalue weighted by Gasteiger charge is 2.42. The molecule has 0 saturated heterocycles. The number of halogens is 1. The first-order valence-corrected chi connectivity index (χ1v) is 8.57. The minimum atomic E-state index is -0.616. The summed E-state index contributed by atoms with van der Waals surface area (Å²) in [6, 6.07) is 2.01. The first-order valence-electron chi connectivity index (χ1n) is 6.90. The van der Waals surface area contributed by atoms with Crippen LogP contribution < -0.4 is 0 Å². The maximum absolute atomic E-state index is 11.8. The van der Waals surface area contributed by atoms with Crippen molar-refractivity contribution in [2.75, 3.05) is 0 Å². The van der Waals surface area contributed by atoms with Crippen molar-refractivity contribution in [1.29, 1.82) is 0 Å². The average Bonchev–Trinajstić information content (AvgIpc) is 2.75. The summed E-state index contributed by atoms with van der Waals surface area (Å²) in [7, 11) is 0. The van der Waals surface area contributed by atoms with Crippen LogP contribution in [0.5, 0.6) is 0 Å². The van der Waals surface area contributed by atoms with Gasteiger partial charge in [-0.15, -0.1) is 11.3 Å². The normalized spacial score (nSPS) is 27.7. The third-order valence-electron chi connectivity index (χ3n) is 4.57. The summed E-state index contributed by atoms with van der Waals surface area (Å²) in [5.74, 6) is 0.745. The number of thiophene rings is 1. The fourth-order valence-corrected chi connectivity index (χ4v) is 4.72. The van der Waals surface area contributed by atoms with E-state index in [2.05, 4.69) is 29.8 Å². The predicted octanol–water partition coefficient (Wildman–Crippen LogP) is 4.97.